The van der Waals surface area contributed by atoms with E-state index in [4.69, 9.17) is 4.74 Å². The van der Waals surface area contributed by atoms with Gasteiger partial charge < -0.3 is 10.1 Å². The first kappa shape index (κ1) is 14.2. The summed E-state index contributed by atoms with van der Waals surface area (Å²) in [7, 11) is 1.50. The lowest BCUT2D eigenvalue weighted by Gasteiger charge is -2.19. The van der Waals surface area contributed by atoms with Gasteiger partial charge in [-0.25, -0.2) is 0 Å². The first-order valence-electron chi connectivity index (χ1n) is 6.46. The molecule has 1 N–H and O–H groups in total. The number of carbonyl (C=O) groups excluding carboxylic acids is 1. The summed E-state index contributed by atoms with van der Waals surface area (Å²) in [6.45, 7) is 2.07. The minimum Gasteiger partial charge on any atom is -0.375 e. The number of rotatable bonds is 5. The van der Waals surface area contributed by atoms with E-state index in [1.165, 1.54) is 12.7 Å². The van der Waals surface area contributed by atoms with Crippen molar-refractivity contribution in [3.05, 3.63) is 65.5 Å². The number of nitrogens with one attached hydrogen (secondary N) is 1. The topological polar surface area (TPSA) is 51.2 Å². The van der Waals surface area contributed by atoms with Crippen molar-refractivity contribution in [3.63, 3.8) is 0 Å². The average Bonchev–Trinajstić information content (AvgIpc) is 2.47. The Labute approximate surface area is 118 Å². The second kappa shape index (κ2) is 6.82. The van der Waals surface area contributed by atoms with Gasteiger partial charge in [-0.05, 0) is 24.6 Å². The highest BCUT2D eigenvalue weighted by atomic mass is 16.5. The molecule has 0 aliphatic rings. The van der Waals surface area contributed by atoms with Crippen LogP contribution in [0.3, 0.4) is 0 Å². The third-order valence-corrected chi connectivity index (χ3v) is 2.97. The van der Waals surface area contributed by atoms with Gasteiger partial charge in [0.1, 0.15) is 6.61 Å². The number of ether oxygens (including phenoxy) is 1. The SMILES string of the molecule is COCC(=O)N[C@@H](c1ccc(C)cc1)c1ccccn1. The highest BCUT2D eigenvalue weighted by Crippen LogP contribution is 2.20. The largest absolute Gasteiger partial charge is 0.375 e. The van der Waals surface area contributed by atoms with Gasteiger partial charge in [0.15, 0.2) is 0 Å². The number of hydrogen-bond donors (Lipinski definition) is 1. The molecule has 1 aromatic carbocycles. The Hall–Kier alpha value is -2.20. The van der Waals surface area contributed by atoms with E-state index in [0.717, 1.165) is 11.3 Å². The Balaban J connectivity index is 2.29. The standard InChI is InChI=1S/C16H18N2O2/c1-12-6-8-13(9-7-12)16(18-15(19)11-20-2)14-5-3-4-10-17-14/h3-10,16H,11H2,1-2H3,(H,18,19)/t16-/m0/s1. The fraction of sp³-hybridized carbons (Fsp3) is 0.250. The molecule has 0 aliphatic heterocycles. The van der Waals surface area contributed by atoms with Gasteiger partial charge in [-0.15, -0.1) is 0 Å². The molecular formula is C16H18N2O2. The van der Waals surface area contributed by atoms with E-state index >= 15 is 0 Å². The lowest BCUT2D eigenvalue weighted by atomic mass is 10.0. The van der Waals surface area contributed by atoms with E-state index in [-0.39, 0.29) is 18.6 Å². The van der Waals surface area contributed by atoms with Crippen molar-refractivity contribution >= 4 is 5.91 Å². The molecule has 0 bridgehead atoms. The average molecular weight is 270 g/mol. The number of pyridine rings is 1. The lowest BCUT2D eigenvalue weighted by molar-refractivity contribution is -0.125. The number of aromatic nitrogens is 1. The van der Waals surface area contributed by atoms with Gasteiger partial charge in [0.2, 0.25) is 5.91 Å². The van der Waals surface area contributed by atoms with Gasteiger partial charge in [0, 0.05) is 13.3 Å². The fourth-order valence-corrected chi connectivity index (χ4v) is 1.97. The monoisotopic (exact) mass is 270 g/mol. The molecule has 1 atom stereocenters. The number of aryl methyl sites for hydroxylation is 1. The van der Waals surface area contributed by atoms with Crippen molar-refractivity contribution in [2.45, 2.75) is 13.0 Å². The predicted molar refractivity (Wildman–Crippen MR) is 77.3 cm³/mol. The Morgan fingerprint density at radius 3 is 2.60 bits per heavy atom. The first-order chi connectivity index (χ1) is 9.70. The summed E-state index contributed by atoms with van der Waals surface area (Å²) in [6, 6.07) is 13.4. The zero-order valence-corrected chi connectivity index (χ0v) is 11.7. The Bertz CT molecular complexity index is 552. The van der Waals surface area contributed by atoms with E-state index in [9.17, 15) is 4.79 Å². The van der Waals surface area contributed by atoms with Crippen LogP contribution in [0, 0.1) is 6.92 Å². The number of methoxy groups -OCH3 is 1. The molecule has 1 aromatic heterocycles. The zero-order chi connectivity index (χ0) is 14.4. The molecule has 2 aromatic rings. The van der Waals surface area contributed by atoms with Crippen molar-refractivity contribution in [1.82, 2.24) is 10.3 Å². The van der Waals surface area contributed by atoms with Crippen LogP contribution in [0.1, 0.15) is 22.9 Å². The smallest absolute Gasteiger partial charge is 0.246 e. The van der Waals surface area contributed by atoms with Gasteiger partial charge >= 0.3 is 0 Å². The molecule has 0 radical (unpaired) electrons. The number of carbonyl (C=O) groups is 1. The third kappa shape index (κ3) is 3.65. The second-order valence-corrected chi connectivity index (χ2v) is 4.60. The van der Waals surface area contributed by atoms with Crippen LogP contribution in [0.15, 0.2) is 48.7 Å². The molecule has 0 spiro atoms. The fourth-order valence-electron chi connectivity index (χ4n) is 1.97. The molecule has 1 amide bonds. The summed E-state index contributed by atoms with van der Waals surface area (Å²) in [5, 5.41) is 2.94. The third-order valence-electron chi connectivity index (χ3n) is 2.97. The predicted octanol–water partition coefficient (Wildman–Crippen LogP) is 2.24. The van der Waals surface area contributed by atoms with Gasteiger partial charge in [-0.1, -0.05) is 35.9 Å². The van der Waals surface area contributed by atoms with Crippen LogP contribution in [0.5, 0.6) is 0 Å². The van der Waals surface area contributed by atoms with Crippen LogP contribution in [-0.4, -0.2) is 24.6 Å². The van der Waals surface area contributed by atoms with Gasteiger partial charge in [-0.3, -0.25) is 9.78 Å². The molecular weight excluding hydrogens is 252 g/mol. The Morgan fingerprint density at radius 1 is 1.25 bits per heavy atom. The van der Waals surface area contributed by atoms with Gasteiger partial charge in [-0.2, -0.15) is 0 Å². The van der Waals surface area contributed by atoms with Crippen LogP contribution >= 0.6 is 0 Å². The molecule has 2 rings (SSSR count). The summed E-state index contributed by atoms with van der Waals surface area (Å²) >= 11 is 0. The van der Waals surface area contributed by atoms with Crippen molar-refractivity contribution in [1.29, 1.82) is 0 Å². The molecule has 4 nitrogen and oxygen atoms in total. The molecule has 20 heavy (non-hydrogen) atoms. The molecule has 0 unspecified atom stereocenters. The highest BCUT2D eigenvalue weighted by molar-refractivity contribution is 5.78. The first-order valence-corrected chi connectivity index (χ1v) is 6.46. The second-order valence-electron chi connectivity index (χ2n) is 4.60. The molecule has 104 valence electrons. The Kier molecular flexibility index (Phi) is 4.85. The normalized spacial score (nSPS) is 11.9. The van der Waals surface area contributed by atoms with Crippen LogP contribution in [-0.2, 0) is 9.53 Å². The van der Waals surface area contributed by atoms with E-state index in [1.54, 1.807) is 6.20 Å². The number of amides is 1. The van der Waals surface area contributed by atoms with E-state index in [1.807, 2.05) is 49.4 Å². The summed E-state index contributed by atoms with van der Waals surface area (Å²) in [6.07, 6.45) is 1.72. The summed E-state index contributed by atoms with van der Waals surface area (Å²) < 4.78 is 4.86. The molecule has 0 aliphatic carbocycles. The number of hydrogen-bond acceptors (Lipinski definition) is 3. The highest BCUT2D eigenvalue weighted by Gasteiger charge is 2.17. The minimum absolute atomic E-state index is 0.0369. The van der Waals surface area contributed by atoms with E-state index < -0.39 is 0 Å². The Morgan fingerprint density at radius 2 is 2.00 bits per heavy atom. The van der Waals surface area contributed by atoms with Crippen molar-refractivity contribution in [2.24, 2.45) is 0 Å². The van der Waals surface area contributed by atoms with Crippen molar-refractivity contribution in [2.75, 3.05) is 13.7 Å². The lowest BCUT2D eigenvalue weighted by Crippen LogP contribution is -2.32. The zero-order valence-electron chi connectivity index (χ0n) is 11.7. The maximum absolute atomic E-state index is 11.8. The molecule has 0 saturated heterocycles. The molecule has 4 heteroatoms. The van der Waals surface area contributed by atoms with Gasteiger partial charge in [0.25, 0.3) is 0 Å². The van der Waals surface area contributed by atoms with Crippen LogP contribution in [0.2, 0.25) is 0 Å². The molecule has 0 fully saturated rings. The van der Waals surface area contributed by atoms with Crippen LogP contribution in [0.25, 0.3) is 0 Å². The summed E-state index contributed by atoms with van der Waals surface area (Å²) in [4.78, 5) is 16.1. The van der Waals surface area contributed by atoms with E-state index in [2.05, 4.69) is 10.3 Å². The maximum atomic E-state index is 11.8. The summed E-state index contributed by atoms with van der Waals surface area (Å²) in [5.74, 6) is -0.163. The van der Waals surface area contributed by atoms with Crippen molar-refractivity contribution < 1.29 is 9.53 Å². The van der Waals surface area contributed by atoms with E-state index in [0.29, 0.717) is 0 Å². The summed E-state index contributed by atoms with van der Waals surface area (Å²) in [5.41, 5.74) is 2.98. The molecule has 1 heterocycles. The minimum atomic E-state index is -0.264. The molecule has 0 saturated carbocycles. The van der Waals surface area contributed by atoms with Crippen LogP contribution in [0.4, 0.5) is 0 Å². The van der Waals surface area contributed by atoms with Crippen molar-refractivity contribution in [3.8, 4) is 0 Å². The quantitative estimate of drug-likeness (QED) is 0.906. The van der Waals surface area contributed by atoms with Crippen LogP contribution < -0.4 is 5.32 Å². The number of benzene rings is 1. The van der Waals surface area contributed by atoms with Gasteiger partial charge in [0.05, 0.1) is 11.7 Å². The maximum Gasteiger partial charge on any atom is 0.246 e. The number of nitrogens with zero attached hydrogens (tertiary/aromatic N) is 1.